The molecule has 0 fully saturated rings. The fourth-order valence-corrected chi connectivity index (χ4v) is 0. The van der Waals surface area contributed by atoms with E-state index in [9.17, 15) is 4.20 Å². The smallest absolute Gasteiger partial charge is 0.224 e. The van der Waals surface area contributed by atoms with E-state index in [0.29, 0.717) is 0 Å². The predicted molar refractivity (Wildman–Crippen MR) is 16.4 cm³/mol. The van der Waals surface area contributed by atoms with Gasteiger partial charge in [0.15, 0.2) is 0 Å². The number of rotatable bonds is 0. The van der Waals surface area contributed by atoms with Crippen molar-refractivity contribution in [3.8, 4) is 0 Å². The van der Waals surface area contributed by atoms with Crippen molar-refractivity contribution >= 4 is 8.68 Å². The Balaban J connectivity index is 2.55. The summed E-state index contributed by atoms with van der Waals surface area (Å²) in [6.07, 6.45) is 0. The van der Waals surface area contributed by atoms with E-state index < -0.39 is 0 Å². The third-order valence-electron chi connectivity index (χ3n) is 0.0756. The Morgan fingerprint density at radius 2 is 2.25 bits per heavy atom. The molecule has 0 aromatic rings. The van der Waals surface area contributed by atoms with Crippen molar-refractivity contribution in [2.75, 3.05) is 7.05 Å². The summed E-state index contributed by atoms with van der Waals surface area (Å²) in [6.45, 7) is 0. The number of halogens is 1. The lowest BCUT2D eigenvalue weighted by Gasteiger charge is -1.46. The molecule has 0 amide bonds. The summed E-state index contributed by atoms with van der Waals surface area (Å²) < 4.78 is 13.6. The van der Waals surface area contributed by atoms with Crippen LogP contribution in [-0.2, 0) is 0 Å². The van der Waals surface area contributed by atoms with Gasteiger partial charge in [-0.15, -0.1) is 0 Å². The zero-order valence-corrected chi connectivity index (χ0v) is 3.17. The molecule has 1 nitrogen and oxygen atoms in total. The lowest BCUT2D eigenvalue weighted by Crippen LogP contribution is -1.19. The fourth-order valence-electron chi connectivity index (χ4n) is 0. The largest absolute Gasteiger partial charge is 0.241 e. The first-order chi connectivity index (χ1) is 1.91. The van der Waals surface area contributed by atoms with Gasteiger partial charge in [0.1, 0.15) is 0 Å². The van der Waals surface area contributed by atoms with E-state index in [4.69, 9.17) is 0 Å². The van der Waals surface area contributed by atoms with Crippen LogP contribution < -0.4 is 0 Å². The summed E-state index contributed by atoms with van der Waals surface area (Å²) in [5.41, 5.74) is 0. The molecule has 0 saturated carbocycles. The van der Waals surface area contributed by atoms with Gasteiger partial charge in [-0.05, 0) is 0 Å². The molecule has 0 aliphatic carbocycles. The van der Waals surface area contributed by atoms with Crippen LogP contribution in [0.2, 0.25) is 0 Å². The molecule has 0 spiro atoms. The van der Waals surface area contributed by atoms with Gasteiger partial charge in [0, 0.05) is 7.05 Å². The second-order valence-corrected chi connectivity index (χ2v) is 0.827. The minimum absolute atomic E-state index is 0.377. The first-order valence-electron chi connectivity index (χ1n) is 0.816. The van der Waals surface area contributed by atoms with Crippen LogP contribution in [0.25, 0.3) is 0 Å². The van der Waals surface area contributed by atoms with E-state index in [1.54, 1.807) is 0 Å². The maximum atomic E-state index is 10.5. The SMILES string of the molecule is C/N=P/F. The van der Waals surface area contributed by atoms with Crippen molar-refractivity contribution in [1.82, 2.24) is 0 Å². The van der Waals surface area contributed by atoms with Crippen LogP contribution in [0.3, 0.4) is 0 Å². The van der Waals surface area contributed by atoms with Crippen molar-refractivity contribution in [3.05, 3.63) is 0 Å². The molecule has 0 radical (unpaired) electrons. The van der Waals surface area contributed by atoms with Crippen molar-refractivity contribution < 1.29 is 4.20 Å². The van der Waals surface area contributed by atoms with Gasteiger partial charge >= 0.3 is 0 Å². The quantitative estimate of drug-likeness (QED) is 0.391. The van der Waals surface area contributed by atoms with E-state index in [2.05, 4.69) is 4.74 Å². The van der Waals surface area contributed by atoms with Gasteiger partial charge < -0.3 is 0 Å². The Morgan fingerprint density at radius 1 is 2.00 bits per heavy atom. The summed E-state index contributed by atoms with van der Waals surface area (Å²) in [7, 11) is 1.04. The Morgan fingerprint density at radius 3 is 2.25 bits per heavy atom. The van der Waals surface area contributed by atoms with Crippen molar-refractivity contribution in [2.45, 2.75) is 0 Å². The van der Waals surface area contributed by atoms with Gasteiger partial charge in [-0.3, -0.25) is 0 Å². The average molecular weight is 79.0 g/mol. The minimum Gasteiger partial charge on any atom is -0.241 e. The highest BCUT2D eigenvalue weighted by molar-refractivity contribution is 7.19. The molecule has 0 unspecified atom stereocenters. The average Bonchev–Trinajstić information content (AvgIpc) is 1.37. The van der Waals surface area contributed by atoms with Crippen LogP contribution in [-0.4, -0.2) is 7.05 Å². The molecule has 0 bridgehead atoms. The van der Waals surface area contributed by atoms with Crippen molar-refractivity contribution in [1.29, 1.82) is 0 Å². The van der Waals surface area contributed by atoms with Crippen LogP contribution in [0.5, 0.6) is 0 Å². The molecule has 3 heteroatoms. The van der Waals surface area contributed by atoms with Crippen LogP contribution in [0.15, 0.2) is 4.74 Å². The molecule has 0 atom stereocenters. The first kappa shape index (κ1) is 4.03. The molecule has 0 aromatic heterocycles. The van der Waals surface area contributed by atoms with E-state index in [-0.39, 0.29) is 8.68 Å². The van der Waals surface area contributed by atoms with E-state index in [0.717, 1.165) is 0 Å². The van der Waals surface area contributed by atoms with Crippen LogP contribution in [0, 0.1) is 0 Å². The molecule has 0 N–H and O–H groups in total. The van der Waals surface area contributed by atoms with E-state index in [1.807, 2.05) is 0 Å². The highest BCUT2D eigenvalue weighted by atomic mass is 31.1. The van der Waals surface area contributed by atoms with Gasteiger partial charge in [0.25, 0.3) is 0 Å². The molecule has 0 aliphatic heterocycles. The second-order valence-electron chi connectivity index (χ2n) is 0.276. The maximum absolute atomic E-state index is 10.5. The molecule has 0 rings (SSSR count). The van der Waals surface area contributed by atoms with Gasteiger partial charge in [-0.1, -0.05) is 0 Å². The third kappa shape index (κ3) is 2.03. The molecule has 4 heavy (non-hydrogen) atoms. The molecule has 0 aromatic carbocycles. The standard InChI is InChI=1S/CH3FNP/c1-3-4-2/h1H3. The monoisotopic (exact) mass is 79.0 g/mol. The Kier molecular flexibility index (Phi) is 3.05. The van der Waals surface area contributed by atoms with E-state index in [1.165, 1.54) is 7.05 Å². The van der Waals surface area contributed by atoms with Crippen LogP contribution >= 0.6 is 8.68 Å². The molecular weight excluding hydrogens is 76.0 g/mol. The number of nitrogens with zero attached hydrogens (tertiary/aromatic N) is 1. The third-order valence-corrected chi connectivity index (χ3v) is 0.227. The second kappa shape index (κ2) is 3.03. The zero-order valence-electron chi connectivity index (χ0n) is 2.27. The highest BCUT2D eigenvalue weighted by Gasteiger charge is 1.41. The summed E-state index contributed by atoms with van der Waals surface area (Å²) in [6, 6.07) is 0. The minimum atomic E-state index is -0.377. The summed E-state index contributed by atoms with van der Waals surface area (Å²) >= 11 is 0. The van der Waals surface area contributed by atoms with Crippen LogP contribution in [0.4, 0.5) is 4.20 Å². The Labute approximate surface area is 25.8 Å². The van der Waals surface area contributed by atoms with Crippen molar-refractivity contribution in [3.63, 3.8) is 0 Å². The lowest BCUT2D eigenvalue weighted by molar-refractivity contribution is 0.925. The first-order valence-corrected chi connectivity index (χ1v) is 1.55. The summed E-state index contributed by atoms with van der Waals surface area (Å²) in [4.78, 5) is 0. The number of hydrogen-bond donors (Lipinski definition) is 0. The summed E-state index contributed by atoms with van der Waals surface area (Å²) in [5.74, 6) is 0. The zero-order chi connectivity index (χ0) is 3.41. The van der Waals surface area contributed by atoms with Crippen LogP contribution in [0.1, 0.15) is 0 Å². The number of hydrogen-bond acceptors (Lipinski definition) is 1. The van der Waals surface area contributed by atoms with Gasteiger partial charge in [0.2, 0.25) is 8.68 Å². The lowest BCUT2D eigenvalue weighted by atomic mass is 11.6. The summed E-state index contributed by atoms with van der Waals surface area (Å²) in [5, 5.41) is 0. The molecular formula is CH3FNP. The van der Waals surface area contributed by atoms with Crippen molar-refractivity contribution in [2.24, 2.45) is 4.74 Å². The normalized spacial score (nSPS) is 9.50. The molecule has 0 heterocycles. The Hall–Kier alpha value is 0.0300. The van der Waals surface area contributed by atoms with E-state index >= 15 is 0 Å². The van der Waals surface area contributed by atoms with Gasteiger partial charge in [0.05, 0.1) is 0 Å². The molecule has 24 valence electrons. The van der Waals surface area contributed by atoms with Gasteiger partial charge in [-0.25, -0.2) is 4.74 Å². The molecule has 0 aliphatic rings. The highest BCUT2D eigenvalue weighted by Crippen LogP contribution is 1.92. The Bertz CT molecular complexity index is 23.2. The topological polar surface area (TPSA) is 12.4 Å². The maximum Gasteiger partial charge on any atom is 0.224 e. The predicted octanol–water partition coefficient (Wildman–Crippen LogP) is 1.63. The fraction of sp³-hybridized carbons (Fsp3) is 1.00. The molecule has 0 saturated heterocycles. The van der Waals surface area contributed by atoms with Gasteiger partial charge in [-0.2, -0.15) is 4.20 Å².